The molecule has 8 rings (SSSR count). The Morgan fingerprint density at radius 3 is 1.98 bits per heavy atom. The standard InChI is InChI=1S/C21H29N3O2Si.C12H11NO.C9H18N2OSi.C4H9.Li.H2/c1-27(2,3)13-12-26-15-23-11-9-22-21(23)20(25)18-8-4-6-16-14-17-7-5-10-24(17)19(16)18;14-8-10-4-1-3-9-7-11-5-2-6-13(11)12(9)10;1-13(2,3)7-6-12-9-11-5-4-10-8-11;1-3-4-2;;/h4,6,8-9,11,14,20,25H,5,7,10,12-13,15H2,1-3H3;1,3-4,7-8H,2,5-6H2;4-5,8H,6-7,9H2,1-3H3;1,3-4H2,2H3;;1H/q;;;-1;+1;. The van der Waals surface area contributed by atoms with Crippen molar-refractivity contribution in [2.24, 2.45) is 0 Å². The van der Waals surface area contributed by atoms with Crippen LogP contribution in [0.5, 0.6) is 0 Å². The van der Waals surface area contributed by atoms with E-state index in [9.17, 15) is 9.90 Å². The molecule has 0 saturated heterocycles. The minimum absolute atomic E-state index is 0. The summed E-state index contributed by atoms with van der Waals surface area (Å²) < 4.78 is 19.9. The summed E-state index contributed by atoms with van der Waals surface area (Å²) in [5.74, 6) is 0.643. The third kappa shape index (κ3) is 13.8. The first-order valence-corrected chi connectivity index (χ1v) is 28.5. The number of aldehydes is 1. The smallest absolute Gasteiger partial charge is 0.380 e. The molecule has 0 amide bonds. The number of nitrogens with zero attached hydrogens (tertiary/aromatic N) is 6. The number of rotatable bonds is 14. The van der Waals surface area contributed by atoms with E-state index in [0.29, 0.717) is 19.3 Å². The number of aliphatic hydroxyl groups is 1. The fraction of sp³-hybridized carbons (Fsp3) is 0.478. The molecule has 0 spiro atoms. The second kappa shape index (κ2) is 22.9. The third-order valence-electron chi connectivity index (χ3n) is 10.5. The average molecular weight is 833 g/mol. The van der Waals surface area contributed by atoms with E-state index in [0.717, 1.165) is 80.1 Å². The monoisotopic (exact) mass is 833 g/mol. The molecule has 1 atom stereocenters. The molecule has 59 heavy (non-hydrogen) atoms. The molecule has 13 heteroatoms. The van der Waals surface area contributed by atoms with Gasteiger partial charge in [-0.1, -0.05) is 83.0 Å². The molecule has 6 aromatic rings. The molecular weight excluding hydrogens is 764 g/mol. The van der Waals surface area contributed by atoms with Gasteiger partial charge in [-0.2, -0.15) is 6.42 Å². The number of hydrogen-bond acceptors (Lipinski definition) is 6. The summed E-state index contributed by atoms with van der Waals surface area (Å²) in [4.78, 5) is 19.3. The number of unbranched alkanes of at least 4 members (excludes halogenated alkanes) is 1. The van der Waals surface area contributed by atoms with Crippen LogP contribution < -0.4 is 18.9 Å². The Hall–Kier alpha value is -3.48. The van der Waals surface area contributed by atoms with Crippen LogP contribution in [-0.4, -0.2) is 69.0 Å². The van der Waals surface area contributed by atoms with E-state index in [2.05, 4.69) is 96.5 Å². The number of benzene rings is 2. The van der Waals surface area contributed by atoms with Gasteiger partial charge in [0.25, 0.3) is 0 Å². The fourth-order valence-corrected chi connectivity index (χ4v) is 8.68. The SMILES string of the molecule is C[Si](C)(C)CCOCn1ccnc1.C[Si](C)(C)CCOCn1ccnc1C(O)c1cccc2cc3n(c12)CCC3.O=Cc1cccc2cc3n(c12)CCC3.[CH2-]CCC.[HH].[Li+]. The molecule has 1 N–H and O–H groups in total. The summed E-state index contributed by atoms with van der Waals surface area (Å²) in [6.07, 6.45) is 16.2. The predicted molar refractivity (Wildman–Crippen MR) is 245 cm³/mol. The molecule has 2 aliphatic heterocycles. The summed E-state index contributed by atoms with van der Waals surface area (Å²) >= 11 is 0. The van der Waals surface area contributed by atoms with Gasteiger partial charge in [-0.25, -0.2) is 9.97 Å². The van der Waals surface area contributed by atoms with Crippen molar-refractivity contribution in [3.8, 4) is 0 Å². The second-order valence-electron chi connectivity index (χ2n) is 17.8. The van der Waals surface area contributed by atoms with Crippen molar-refractivity contribution in [2.45, 2.75) is 129 Å². The predicted octanol–water partition coefficient (Wildman–Crippen LogP) is 7.64. The molecule has 2 aliphatic rings. The molecule has 6 heterocycles. The maximum absolute atomic E-state index is 11.1. The van der Waals surface area contributed by atoms with Crippen LogP contribution in [0.1, 0.15) is 73.3 Å². The average Bonchev–Trinajstić information content (AvgIpc) is 4.05. The van der Waals surface area contributed by atoms with Gasteiger partial charge in [-0.05, 0) is 56.0 Å². The molecule has 0 radical (unpaired) electrons. The van der Waals surface area contributed by atoms with E-state index in [1.807, 2.05) is 45.8 Å². The zero-order valence-electron chi connectivity index (χ0n) is 37.1. The number of carbonyl (C=O) groups is 1. The van der Waals surface area contributed by atoms with Crippen molar-refractivity contribution >= 4 is 44.2 Å². The summed E-state index contributed by atoms with van der Waals surface area (Å²) in [6, 6.07) is 18.9. The first-order valence-electron chi connectivity index (χ1n) is 21.1. The summed E-state index contributed by atoms with van der Waals surface area (Å²) in [6.45, 7) is 24.6. The van der Waals surface area contributed by atoms with E-state index in [1.54, 1.807) is 18.7 Å². The van der Waals surface area contributed by atoms with Crippen LogP contribution in [0.4, 0.5) is 0 Å². The van der Waals surface area contributed by atoms with Crippen LogP contribution in [-0.2, 0) is 48.9 Å². The van der Waals surface area contributed by atoms with Gasteiger partial charge < -0.3 is 39.8 Å². The number of ether oxygens (including phenoxy) is 2. The van der Waals surface area contributed by atoms with E-state index >= 15 is 0 Å². The number of para-hydroxylation sites is 2. The van der Waals surface area contributed by atoms with Gasteiger partial charge in [0.2, 0.25) is 0 Å². The number of carbonyl (C=O) groups excluding carboxylic acids is 1. The van der Waals surface area contributed by atoms with Crippen LogP contribution >= 0.6 is 0 Å². The molecule has 316 valence electrons. The normalized spacial score (nSPS) is 13.6. The van der Waals surface area contributed by atoms with E-state index < -0.39 is 22.3 Å². The first-order chi connectivity index (χ1) is 27.8. The third-order valence-corrected chi connectivity index (χ3v) is 13.9. The van der Waals surface area contributed by atoms with Crippen molar-refractivity contribution < 1.29 is 39.7 Å². The molecule has 0 aliphatic carbocycles. The largest absolute Gasteiger partial charge is 1.00 e. The summed E-state index contributed by atoms with van der Waals surface area (Å²) in [5.41, 5.74) is 6.74. The number of fused-ring (bicyclic) bond motifs is 6. The van der Waals surface area contributed by atoms with Gasteiger partial charge in [0.05, 0.1) is 17.4 Å². The van der Waals surface area contributed by atoms with Crippen molar-refractivity contribution in [3.05, 3.63) is 115 Å². The minimum Gasteiger partial charge on any atom is -0.380 e. The van der Waals surface area contributed by atoms with Crippen molar-refractivity contribution in [1.82, 2.24) is 28.2 Å². The number of aliphatic hydroxyl groups excluding tert-OH is 1. The molecular formula is C46H69LiN6O4Si2. The van der Waals surface area contributed by atoms with E-state index in [4.69, 9.17) is 9.47 Å². The number of hydrogen-bond donors (Lipinski definition) is 1. The molecule has 0 saturated carbocycles. The zero-order valence-corrected chi connectivity index (χ0v) is 39.1. The van der Waals surface area contributed by atoms with Crippen LogP contribution in [0.25, 0.3) is 21.8 Å². The van der Waals surface area contributed by atoms with Crippen LogP contribution in [0.3, 0.4) is 0 Å². The Balaban J connectivity index is 0.000000246. The molecule has 4 aromatic heterocycles. The van der Waals surface area contributed by atoms with E-state index in [1.165, 1.54) is 47.5 Å². The molecule has 2 aromatic carbocycles. The second-order valence-corrected chi connectivity index (χ2v) is 29.0. The minimum atomic E-state index is -1.10. The maximum atomic E-state index is 11.1. The summed E-state index contributed by atoms with van der Waals surface area (Å²) in [7, 11) is -2.03. The Labute approximate surface area is 368 Å². The first kappa shape index (κ1) is 48.2. The number of imidazole rings is 2. The van der Waals surface area contributed by atoms with Crippen molar-refractivity contribution in [1.29, 1.82) is 0 Å². The maximum Gasteiger partial charge on any atom is 1.00 e. The Kier molecular flexibility index (Phi) is 18.7. The molecule has 1 unspecified atom stereocenters. The van der Waals surface area contributed by atoms with Crippen LogP contribution in [0, 0.1) is 6.92 Å². The molecule has 0 bridgehead atoms. The molecule has 0 fully saturated rings. The Bertz CT molecular complexity index is 2170. The Morgan fingerprint density at radius 1 is 0.847 bits per heavy atom. The van der Waals surface area contributed by atoms with Gasteiger partial charge in [0, 0.05) is 102 Å². The van der Waals surface area contributed by atoms with Crippen molar-refractivity contribution in [3.63, 3.8) is 0 Å². The number of aryl methyl sites for hydroxylation is 4. The van der Waals surface area contributed by atoms with Gasteiger partial charge in [-0.3, -0.25) is 4.79 Å². The van der Waals surface area contributed by atoms with E-state index in [-0.39, 0.29) is 20.3 Å². The van der Waals surface area contributed by atoms with Crippen molar-refractivity contribution in [2.75, 3.05) is 13.2 Å². The topological polar surface area (TPSA) is 101 Å². The van der Waals surface area contributed by atoms with Gasteiger partial charge in [-0.15, -0.1) is 0 Å². The summed E-state index contributed by atoms with van der Waals surface area (Å²) in [5, 5.41) is 13.5. The number of aromatic nitrogens is 6. The Morgan fingerprint density at radius 2 is 1.42 bits per heavy atom. The quantitative estimate of drug-likeness (QED) is 0.0525. The molecule has 10 nitrogen and oxygen atoms in total. The van der Waals surface area contributed by atoms with Crippen LogP contribution in [0.15, 0.2) is 79.6 Å². The van der Waals surface area contributed by atoms with Gasteiger partial charge >= 0.3 is 18.9 Å². The van der Waals surface area contributed by atoms with Gasteiger partial charge in [0.1, 0.15) is 25.4 Å². The zero-order chi connectivity index (χ0) is 41.7. The van der Waals surface area contributed by atoms with Gasteiger partial charge in [0.15, 0.2) is 6.29 Å². The van der Waals surface area contributed by atoms with Crippen LogP contribution in [0.2, 0.25) is 51.4 Å². The fourth-order valence-electron chi connectivity index (χ4n) is 7.16.